The number of thioether (sulfide) groups is 1. The predicted molar refractivity (Wildman–Crippen MR) is 76.5 cm³/mol. The molecule has 5 heteroatoms. The van der Waals surface area contributed by atoms with Crippen LogP contribution in [0.15, 0.2) is 0 Å². The second-order valence-electron chi connectivity index (χ2n) is 5.54. The van der Waals surface area contributed by atoms with Crippen LogP contribution in [0.5, 0.6) is 0 Å². The van der Waals surface area contributed by atoms with Gasteiger partial charge in [-0.3, -0.25) is 4.79 Å². The first-order valence-corrected chi connectivity index (χ1v) is 7.77. The maximum absolute atomic E-state index is 11.9. The Morgan fingerprint density at radius 2 is 2.11 bits per heavy atom. The molecule has 0 aromatic heterocycles. The van der Waals surface area contributed by atoms with E-state index in [1.807, 2.05) is 13.8 Å². The quantitative estimate of drug-likeness (QED) is 0.589. The SMILES string of the molecule is CC(C)NC(CSC(C)CCO)(C(N)=O)C1CC1. The summed E-state index contributed by atoms with van der Waals surface area (Å²) >= 11 is 1.72. The normalized spacial score (nSPS) is 20.7. The molecule has 4 N–H and O–H groups in total. The lowest BCUT2D eigenvalue weighted by molar-refractivity contribution is -0.124. The molecule has 1 fully saturated rings. The van der Waals surface area contributed by atoms with Gasteiger partial charge in [0.15, 0.2) is 0 Å². The topological polar surface area (TPSA) is 75.3 Å². The Hall–Kier alpha value is -0.260. The Morgan fingerprint density at radius 3 is 2.50 bits per heavy atom. The molecule has 1 rings (SSSR count). The first-order chi connectivity index (χ1) is 8.42. The third-order valence-corrected chi connectivity index (χ3v) is 4.82. The second-order valence-corrected chi connectivity index (χ2v) is 6.97. The molecule has 0 heterocycles. The summed E-state index contributed by atoms with van der Waals surface area (Å²) in [6.07, 6.45) is 2.92. The zero-order valence-corrected chi connectivity index (χ0v) is 12.4. The molecule has 0 spiro atoms. The number of carbonyl (C=O) groups excluding carboxylic acids is 1. The van der Waals surface area contributed by atoms with Gasteiger partial charge in [0, 0.05) is 23.7 Å². The lowest BCUT2D eigenvalue weighted by Crippen LogP contribution is -2.61. The summed E-state index contributed by atoms with van der Waals surface area (Å²) in [5.74, 6) is 0.848. The maximum atomic E-state index is 11.9. The van der Waals surface area contributed by atoms with Gasteiger partial charge in [-0.2, -0.15) is 11.8 Å². The fourth-order valence-corrected chi connectivity index (χ4v) is 3.53. The Kier molecular flexibility index (Phi) is 5.95. The van der Waals surface area contributed by atoms with Crippen LogP contribution in [0, 0.1) is 5.92 Å². The first-order valence-electron chi connectivity index (χ1n) is 6.72. The lowest BCUT2D eigenvalue weighted by Gasteiger charge is -2.34. The van der Waals surface area contributed by atoms with E-state index >= 15 is 0 Å². The van der Waals surface area contributed by atoms with Crippen molar-refractivity contribution >= 4 is 17.7 Å². The number of hydrogen-bond donors (Lipinski definition) is 3. The largest absolute Gasteiger partial charge is 0.396 e. The van der Waals surface area contributed by atoms with Crippen LogP contribution in [-0.2, 0) is 4.79 Å². The minimum atomic E-state index is -0.567. The number of aliphatic hydroxyl groups excluding tert-OH is 1. The first kappa shape index (κ1) is 15.8. The average Bonchev–Trinajstić information content (AvgIpc) is 3.07. The van der Waals surface area contributed by atoms with Crippen LogP contribution in [0.2, 0.25) is 0 Å². The number of carbonyl (C=O) groups is 1. The summed E-state index contributed by atoms with van der Waals surface area (Å²) < 4.78 is 0. The van der Waals surface area contributed by atoms with Crippen molar-refractivity contribution in [3.05, 3.63) is 0 Å². The zero-order valence-electron chi connectivity index (χ0n) is 11.6. The molecule has 0 aromatic rings. The molecule has 1 aliphatic rings. The minimum Gasteiger partial charge on any atom is -0.396 e. The van der Waals surface area contributed by atoms with Crippen LogP contribution in [0.4, 0.5) is 0 Å². The molecule has 4 nitrogen and oxygen atoms in total. The fourth-order valence-electron chi connectivity index (χ4n) is 2.25. The van der Waals surface area contributed by atoms with Gasteiger partial charge in [-0.15, -0.1) is 0 Å². The summed E-state index contributed by atoms with van der Waals surface area (Å²) in [6.45, 7) is 6.36. The van der Waals surface area contributed by atoms with Crippen LogP contribution in [0.25, 0.3) is 0 Å². The standard InChI is InChI=1S/C13H26N2O2S/c1-9(2)15-13(12(14)17,11-4-5-11)8-18-10(3)6-7-16/h9-11,15-16H,4-8H2,1-3H3,(H2,14,17). The number of nitrogens with one attached hydrogen (secondary N) is 1. The van der Waals surface area contributed by atoms with Gasteiger partial charge in [-0.1, -0.05) is 6.92 Å². The minimum absolute atomic E-state index is 0.193. The van der Waals surface area contributed by atoms with Crippen molar-refractivity contribution < 1.29 is 9.90 Å². The third-order valence-electron chi connectivity index (χ3n) is 3.39. The van der Waals surface area contributed by atoms with Gasteiger partial charge in [0.25, 0.3) is 0 Å². The van der Waals surface area contributed by atoms with E-state index in [-0.39, 0.29) is 18.6 Å². The summed E-state index contributed by atoms with van der Waals surface area (Å²) in [4.78, 5) is 11.9. The van der Waals surface area contributed by atoms with Crippen molar-refractivity contribution in [2.75, 3.05) is 12.4 Å². The Labute approximate surface area is 114 Å². The maximum Gasteiger partial charge on any atom is 0.238 e. The molecule has 2 unspecified atom stereocenters. The number of hydrogen-bond acceptors (Lipinski definition) is 4. The van der Waals surface area contributed by atoms with E-state index in [1.165, 1.54) is 0 Å². The van der Waals surface area contributed by atoms with Gasteiger partial charge in [0.1, 0.15) is 5.54 Å². The van der Waals surface area contributed by atoms with Crippen molar-refractivity contribution in [3.63, 3.8) is 0 Å². The van der Waals surface area contributed by atoms with E-state index in [9.17, 15) is 4.79 Å². The summed E-state index contributed by atoms with van der Waals surface area (Å²) in [6, 6.07) is 0.242. The van der Waals surface area contributed by atoms with Crippen molar-refractivity contribution in [3.8, 4) is 0 Å². The molecule has 0 saturated heterocycles. The highest BCUT2D eigenvalue weighted by Crippen LogP contribution is 2.42. The zero-order chi connectivity index (χ0) is 13.8. The van der Waals surface area contributed by atoms with Gasteiger partial charge in [-0.25, -0.2) is 0 Å². The van der Waals surface area contributed by atoms with E-state index in [0.29, 0.717) is 16.9 Å². The van der Waals surface area contributed by atoms with E-state index in [4.69, 9.17) is 10.8 Å². The molecular weight excluding hydrogens is 248 g/mol. The summed E-state index contributed by atoms with van der Waals surface area (Å²) in [5, 5.41) is 12.7. The molecule has 18 heavy (non-hydrogen) atoms. The highest BCUT2D eigenvalue weighted by molar-refractivity contribution is 8.00. The van der Waals surface area contributed by atoms with Crippen LogP contribution in [0.1, 0.15) is 40.0 Å². The van der Waals surface area contributed by atoms with Crippen LogP contribution in [0.3, 0.4) is 0 Å². The third kappa shape index (κ3) is 4.14. The molecule has 0 aliphatic heterocycles. The van der Waals surface area contributed by atoms with E-state index in [0.717, 1.165) is 19.3 Å². The number of aliphatic hydroxyl groups is 1. The second kappa shape index (κ2) is 6.78. The molecule has 2 atom stereocenters. The van der Waals surface area contributed by atoms with Crippen LogP contribution >= 0.6 is 11.8 Å². The number of nitrogens with two attached hydrogens (primary N) is 1. The fraction of sp³-hybridized carbons (Fsp3) is 0.923. The van der Waals surface area contributed by atoms with Gasteiger partial charge >= 0.3 is 0 Å². The Balaban J connectivity index is 2.67. The van der Waals surface area contributed by atoms with Crippen molar-refractivity contribution in [2.45, 2.75) is 56.9 Å². The monoisotopic (exact) mass is 274 g/mol. The Bertz CT molecular complexity index is 282. The number of amides is 1. The van der Waals surface area contributed by atoms with Gasteiger partial charge in [-0.05, 0) is 39.0 Å². The number of rotatable bonds is 9. The van der Waals surface area contributed by atoms with Crippen LogP contribution < -0.4 is 11.1 Å². The number of primary amides is 1. The molecule has 0 aromatic carbocycles. The summed E-state index contributed by atoms with van der Waals surface area (Å²) in [5.41, 5.74) is 5.09. The van der Waals surface area contributed by atoms with Crippen molar-refractivity contribution in [2.24, 2.45) is 11.7 Å². The van der Waals surface area contributed by atoms with E-state index in [2.05, 4.69) is 12.2 Å². The molecule has 1 saturated carbocycles. The van der Waals surface area contributed by atoms with E-state index in [1.54, 1.807) is 11.8 Å². The highest BCUT2D eigenvalue weighted by Gasteiger charge is 2.49. The highest BCUT2D eigenvalue weighted by atomic mass is 32.2. The molecule has 1 amide bonds. The Morgan fingerprint density at radius 1 is 1.50 bits per heavy atom. The van der Waals surface area contributed by atoms with Crippen molar-refractivity contribution in [1.82, 2.24) is 5.32 Å². The van der Waals surface area contributed by atoms with E-state index < -0.39 is 5.54 Å². The van der Waals surface area contributed by atoms with Gasteiger partial charge in [0.05, 0.1) is 0 Å². The predicted octanol–water partition coefficient (Wildman–Crippen LogP) is 1.12. The lowest BCUT2D eigenvalue weighted by atomic mass is 9.93. The average molecular weight is 274 g/mol. The molecule has 106 valence electrons. The van der Waals surface area contributed by atoms with Crippen LogP contribution in [-0.4, -0.2) is 40.2 Å². The molecule has 0 radical (unpaired) electrons. The molecule has 0 bridgehead atoms. The van der Waals surface area contributed by atoms with Crippen molar-refractivity contribution in [1.29, 1.82) is 0 Å². The molecule has 1 aliphatic carbocycles. The smallest absolute Gasteiger partial charge is 0.238 e. The summed E-state index contributed by atoms with van der Waals surface area (Å²) in [7, 11) is 0. The molecular formula is C13H26N2O2S. The van der Waals surface area contributed by atoms with Gasteiger partial charge in [0.2, 0.25) is 5.91 Å². The van der Waals surface area contributed by atoms with Gasteiger partial charge < -0.3 is 16.2 Å².